The van der Waals surface area contributed by atoms with Crippen LogP contribution in [-0.2, 0) is 28.2 Å². The molecular weight excluding hydrogens is 1550 g/mol. The van der Waals surface area contributed by atoms with Gasteiger partial charge in [-0.2, -0.15) is 19.1 Å². The molecule has 1 saturated carbocycles. The number of rotatable bonds is 9. The first-order chi connectivity index (χ1) is 61.0. The minimum Gasteiger partial charge on any atom is -0.872 e. The fraction of sp³-hybridized carbons (Fsp3) is 0.0833. The van der Waals surface area contributed by atoms with Crippen LogP contribution in [0, 0.1) is 0 Å². The van der Waals surface area contributed by atoms with Crippen LogP contribution in [0.15, 0.2) is 451 Å². The third-order valence-corrected chi connectivity index (χ3v) is 20.3. The van der Waals surface area contributed by atoms with Crippen LogP contribution >= 0.6 is 0 Å². The van der Waals surface area contributed by atoms with Crippen molar-refractivity contribution in [2.75, 3.05) is 5.43 Å². The third-order valence-electron chi connectivity index (χ3n) is 20.3. The molecule has 10 aromatic carbocycles. The van der Waals surface area contributed by atoms with Crippen molar-refractivity contribution < 1.29 is 77.0 Å². The highest BCUT2D eigenvalue weighted by Gasteiger charge is 2.22. The van der Waals surface area contributed by atoms with E-state index in [2.05, 4.69) is 69.4 Å². The highest BCUT2D eigenvalue weighted by atomic mass is 16.3. The second kappa shape index (κ2) is 45.8. The number of fused-ring (bicyclic) bond motifs is 4. The monoisotopic (exact) mass is 1650 g/mol. The van der Waals surface area contributed by atoms with Crippen molar-refractivity contribution in [1.82, 2.24) is 0 Å². The maximum absolute atomic E-state index is 11.4. The van der Waals surface area contributed by atoms with Crippen molar-refractivity contribution in [3.05, 3.63) is 462 Å². The van der Waals surface area contributed by atoms with Crippen LogP contribution in [0.3, 0.4) is 0 Å². The van der Waals surface area contributed by atoms with Crippen LogP contribution in [0.25, 0.3) is 83.7 Å². The van der Waals surface area contributed by atoms with Gasteiger partial charge in [-0.1, -0.05) is 150 Å². The van der Waals surface area contributed by atoms with Gasteiger partial charge in [0.1, 0.15) is 45.4 Å². The maximum atomic E-state index is 11.4. The van der Waals surface area contributed by atoms with Gasteiger partial charge in [-0.3, -0.25) is 0 Å². The topological polar surface area (TPSA) is 200 Å². The zero-order valence-electron chi connectivity index (χ0n) is 70.3. The van der Waals surface area contributed by atoms with Gasteiger partial charge in [0, 0.05) is 173 Å². The SMILES string of the molecule is C[n+]1ccc2c(O)cccc2c1.C[n+]1cccc2cc(O)ccc21.C[n+]1cccc2cccc([O-])c21.C[n+]1ccccc1/C=C/c1cccc([O-])c1.Oc1ccc(-[n+]2ccccc2)c2ccccc12.[O-]c1ccc(-[n+]2ccccc2)cc1.[O-]c1ccc(-c2ccc(-[n+]3ccccc3)cc2)cc1.c1cc[n+](C2CCCC2)cc1.c1ccc(N[n+]2ccccc2)cc1. The van der Waals surface area contributed by atoms with E-state index < -0.39 is 0 Å². The summed E-state index contributed by atoms with van der Waals surface area (Å²) in [5, 5.41) is 78.9. The van der Waals surface area contributed by atoms with Crippen molar-refractivity contribution in [1.29, 1.82) is 0 Å². The summed E-state index contributed by atoms with van der Waals surface area (Å²) >= 11 is 0. The van der Waals surface area contributed by atoms with E-state index in [0.717, 1.165) is 94.5 Å². The number of hydrogen-bond acceptors (Lipinski definition) is 8. The van der Waals surface area contributed by atoms with E-state index in [4.69, 9.17) is 0 Å². The standard InChI is InChI=1S/C17H13NO.C15H11NO.C14H13NO.C11H11N2.C11H9NO.3C10H9NO.C10H14N/c19-17-10-6-15(7-11-17)14-4-8-16(9-5-14)18-12-2-1-3-13-18;17-15-9-8-14(16-10-4-1-5-11-16)12-6-2-3-7-13(12)15;1-15-10-3-2-6-13(15)9-8-12-5-4-7-14(16)11-12;1-3-7-11(8-4-1)12-13-9-5-2-6-10-13;13-11-6-4-10(5-7-11)12-8-2-1-3-9-12;1-11-7-3-5-8-4-2-6-9(12)10(8)11;1-11-6-2-3-8-7-9(12)4-5-10(8)11;1-11-6-5-9-8(7-11)3-2-4-10(9)12;1-4-8-11(9-5-1)10-6-2-3-7-10/h1-13H;1-11H;2-11H,1H3;1-10,12H;1-9H;3*2-7H,1H3;1,4-5,8-10H,2-3,6-7H2/q;;;+1;;;;;+1/p+3/b;;9-8+;;;;;;. The number of pyridine rings is 9. The van der Waals surface area contributed by atoms with E-state index in [0.29, 0.717) is 17.2 Å². The zero-order chi connectivity index (χ0) is 87.3. The number of nitrogens with one attached hydrogen (secondary N) is 1. The van der Waals surface area contributed by atoms with Crippen molar-refractivity contribution >= 4 is 61.2 Å². The summed E-state index contributed by atoms with van der Waals surface area (Å²) in [4.78, 5) is 0. The number of aromatic nitrogens is 9. The Hall–Kier alpha value is -16.3. The average molecular weight is 1650 g/mol. The lowest BCUT2D eigenvalue weighted by Crippen LogP contribution is -2.40. The summed E-state index contributed by atoms with van der Waals surface area (Å²) in [7, 11) is 7.82. The average Bonchev–Trinajstić information content (AvgIpc) is 1.15. The molecule has 0 amide bonds. The highest BCUT2D eigenvalue weighted by molar-refractivity contribution is 5.93. The Kier molecular flexibility index (Phi) is 32.2. The number of para-hydroxylation sites is 2. The van der Waals surface area contributed by atoms with E-state index >= 15 is 0 Å². The van der Waals surface area contributed by atoms with Gasteiger partial charge in [0.15, 0.2) is 99.0 Å². The minimum absolute atomic E-state index is 0.0413. The maximum Gasteiger partial charge on any atom is 0.218 e. The molecule has 4 N–H and O–H groups in total. The normalized spacial score (nSPS) is 11.1. The largest absolute Gasteiger partial charge is 0.872 e. The summed E-state index contributed by atoms with van der Waals surface area (Å²) in [5.41, 5.74) is 13.6. The molecule has 0 saturated heterocycles. The summed E-state index contributed by atoms with van der Waals surface area (Å²) in [6.07, 6.45) is 39.4. The number of aryl methyl sites for hydroxylation is 4. The Morgan fingerprint density at radius 3 is 1.46 bits per heavy atom. The first-order valence-electron chi connectivity index (χ1n) is 41.1. The summed E-state index contributed by atoms with van der Waals surface area (Å²) < 4.78 is 18.2. The number of aromatic hydroxyl groups is 3. The molecular formula is C108H101N10O7+5. The highest BCUT2D eigenvalue weighted by Crippen LogP contribution is 2.29. The first-order valence-corrected chi connectivity index (χ1v) is 41.1. The van der Waals surface area contributed by atoms with Crippen molar-refractivity contribution in [3.8, 4) is 68.4 Å². The van der Waals surface area contributed by atoms with Crippen LogP contribution in [0.4, 0.5) is 5.69 Å². The van der Waals surface area contributed by atoms with Crippen molar-refractivity contribution in [2.24, 2.45) is 28.2 Å². The Morgan fingerprint density at radius 1 is 0.336 bits per heavy atom. The summed E-state index contributed by atoms with van der Waals surface area (Å²) in [6, 6.07) is 113. The molecule has 1 fully saturated rings. The summed E-state index contributed by atoms with van der Waals surface area (Å²) in [5.74, 6) is 1.18. The number of hydrogen-bond donors (Lipinski definition) is 4. The minimum atomic E-state index is 0.0413. The quantitative estimate of drug-likeness (QED) is 0.102. The zero-order valence-corrected chi connectivity index (χ0v) is 70.3. The Bertz CT molecular complexity index is 6400. The molecule has 19 aromatic rings. The molecule has 0 spiro atoms. The molecule has 9 heterocycles. The smallest absolute Gasteiger partial charge is 0.218 e. The van der Waals surface area contributed by atoms with Gasteiger partial charge in [0.05, 0.1) is 11.1 Å². The molecule has 0 bridgehead atoms. The predicted octanol–water partition coefficient (Wildman–Crippen LogP) is 15.7. The molecule has 20 rings (SSSR count). The Balaban J connectivity index is 0.000000129. The fourth-order valence-corrected chi connectivity index (χ4v) is 13.9. The van der Waals surface area contributed by atoms with Gasteiger partial charge in [0.2, 0.25) is 33.8 Å². The molecule has 0 aliphatic heterocycles. The van der Waals surface area contributed by atoms with Crippen molar-refractivity contribution in [3.63, 3.8) is 0 Å². The number of benzene rings is 10. The lowest BCUT2D eigenvalue weighted by molar-refractivity contribution is -0.721. The summed E-state index contributed by atoms with van der Waals surface area (Å²) in [6.45, 7) is 0. The Labute approximate surface area is 729 Å². The van der Waals surface area contributed by atoms with Crippen LogP contribution in [0.5, 0.6) is 40.2 Å². The molecule has 620 valence electrons. The predicted molar refractivity (Wildman–Crippen MR) is 484 cm³/mol. The molecule has 0 radical (unpaired) electrons. The van der Waals surface area contributed by atoms with Crippen LogP contribution in [0.2, 0.25) is 0 Å². The van der Waals surface area contributed by atoms with Crippen LogP contribution in [0.1, 0.15) is 43.0 Å². The number of anilines is 1. The number of phenolic OH excluding ortho intramolecular Hbond substituents is 3. The molecule has 125 heavy (non-hydrogen) atoms. The molecule has 1 aliphatic carbocycles. The number of nitrogens with zero attached hydrogens (tertiary/aromatic N) is 9. The molecule has 17 heteroatoms. The Morgan fingerprint density at radius 2 is 0.832 bits per heavy atom. The second-order valence-corrected chi connectivity index (χ2v) is 29.3. The van der Waals surface area contributed by atoms with Crippen LogP contribution in [-0.4, -0.2) is 15.3 Å². The molecule has 17 nitrogen and oxygen atoms in total. The molecule has 9 aromatic heterocycles. The van der Waals surface area contributed by atoms with Gasteiger partial charge >= 0.3 is 0 Å². The lowest BCUT2D eigenvalue weighted by Gasteiger charge is -2.06. The van der Waals surface area contributed by atoms with E-state index in [9.17, 15) is 35.7 Å². The van der Waals surface area contributed by atoms with Gasteiger partial charge in [-0.15, -0.1) is 17.2 Å². The number of phenols is 3. The first kappa shape index (κ1) is 88.0. The van der Waals surface area contributed by atoms with E-state index in [1.807, 2.05) is 390 Å². The van der Waals surface area contributed by atoms with E-state index in [-0.39, 0.29) is 23.0 Å². The van der Waals surface area contributed by atoms with E-state index in [1.165, 1.54) is 25.7 Å². The van der Waals surface area contributed by atoms with Crippen molar-refractivity contribution in [2.45, 2.75) is 31.7 Å². The van der Waals surface area contributed by atoms with Gasteiger partial charge in [-0.25, -0.2) is 22.8 Å². The fourth-order valence-electron chi connectivity index (χ4n) is 13.9. The third kappa shape index (κ3) is 26.6. The lowest BCUT2D eigenvalue weighted by atomic mass is 10.1. The van der Waals surface area contributed by atoms with Gasteiger partial charge < -0.3 is 35.7 Å². The van der Waals surface area contributed by atoms with Gasteiger partial charge in [-0.05, 0) is 126 Å². The molecule has 1 aliphatic rings. The van der Waals surface area contributed by atoms with Crippen LogP contribution < -0.4 is 67.1 Å². The molecule has 0 atom stereocenters. The van der Waals surface area contributed by atoms with Gasteiger partial charge in [0.25, 0.3) is 0 Å². The van der Waals surface area contributed by atoms with E-state index in [1.54, 1.807) is 78.9 Å². The second-order valence-electron chi connectivity index (χ2n) is 29.3. The molecule has 0 unspecified atom stereocenters.